The van der Waals surface area contributed by atoms with Crippen LogP contribution in [0.15, 0.2) is 34.6 Å². The highest BCUT2D eigenvalue weighted by atomic mass is 32.1. The van der Waals surface area contributed by atoms with Crippen molar-refractivity contribution >= 4 is 21.6 Å². The lowest BCUT2D eigenvalue weighted by Crippen LogP contribution is -2.12. The van der Waals surface area contributed by atoms with Crippen LogP contribution in [0.25, 0.3) is 10.2 Å². The summed E-state index contributed by atoms with van der Waals surface area (Å²) >= 11 is 1.32. The third-order valence-electron chi connectivity index (χ3n) is 2.45. The van der Waals surface area contributed by atoms with Crippen LogP contribution in [0.2, 0.25) is 0 Å². The Hall–Kier alpha value is -2.28. The van der Waals surface area contributed by atoms with Crippen LogP contribution in [0.5, 0.6) is 5.75 Å². The SMILES string of the molecule is O=c1[nH]c(COc2cccnc2F)nc2ccsc12. The second kappa shape index (κ2) is 4.77. The van der Waals surface area contributed by atoms with Gasteiger partial charge in [0.15, 0.2) is 5.75 Å². The van der Waals surface area contributed by atoms with Crippen molar-refractivity contribution < 1.29 is 9.13 Å². The molecule has 0 aromatic carbocycles. The van der Waals surface area contributed by atoms with E-state index in [1.165, 1.54) is 23.6 Å². The molecule has 0 bridgehead atoms. The van der Waals surface area contributed by atoms with Crippen LogP contribution in [-0.2, 0) is 6.61 Å². The van der Waals surface area contributed by atoms with Crippen molar-refractivity contribution in [3.63, 3.8) is 0 Å². The minimum absolute atomic E-state index is 0.0237. The fraction of sp³-hybridized carbons (Fsp3) is 0.0833. The lowest BCUT2D eigenvalue weighted by molar-refractivity contribution is 0.277. The maximum Gasteiger partial charge on any atom is 0.268 e. The number of nitrogens with zero attached hydrogens (tertiary/aromatic N) is 2. The van der Waals surface area contributed by atoms with Gasteiger partial charge in [0.05, 0.1) is 5.52 Å². The van der Waals surface area contributed by atoms with Crippen molar-refractivity contribution in [2.45, 2.75) is 6.61 Å². The van der Waals surface area contributed by atoms with Gasteiger partial charge in [-0.3, -0.25) is 4.79 Å². The van der Waals surface area contributed by atoms with Gasteiger partial charge in [0, 0.05) is 6.20 Å². The average molecular weight is 277 g/mol. The molecule has 0 spiro atoms. The Bertz CT molecular complexity index is 784. The van der Waals surface area contributed by atoms with E-state index in [-0.39, 0.29) is 17.9 Å². The zero-order valence-corrected chi connectivity index (χ0v) is 10.4. The summed E-state index contributed by atoms with van der Waals surface area (Å²) in [5.41, 5.74) is 0.393. The molecule has 0 amide bonds. The predicted octanol–water partition coefficient (Wildman–Crippen LogP) is 2.10. The third-order valence-corrected chi connectivity index (χ3v) is 3.36. The molecule has 0 aliphatic heterocycles. The number of fused-ring (bicyclic) bond motifs is 1. The molecule has 3 heterocycles. The van der Waals surface area contributed by atoms with Gasteiger partial charge in [-0.2, -0.15) is 4.39 Å². The maximum absolute atomic E-state index is 13.2. The molecule has 3 rings (SSSR count). The van der Waals surface area contributed by atoms with Crippen LogP contribution in [0.3, 0.4) is 0 Å². The zero-order valence-electron chi connectivity index (χ0n) is 9.59. The second-order valence-electron chi connectivity index (χ2n) is 3.73. The first-order valence-electron chi connectivity index (χ1n) is 5.44. The standard InChI is InChI=1S/C12H8FN3O2S/c13-11-8(2-1-4-14-11)18-6-9-15-7-3-5-19-10(7)12(17)16-9/h1-5H,6H2,(H,15,16,17). The highest BCUT2D eigenvalue weighted by Gasteiger charge is 2.07. The predicted molar refractivity (Wildman–Crippen MR) is 68.8 cm³/mol. The molecule has 0 saturated carbocycles. The molecule has 19 heavy (non-hydrogen) atoms. The van der Waals surface area contributed by atoms with Crippen molar-refractivity contribution in [3.8, 4) is 5.75 Å². The van der Waals surface area contributed by atoms with Crippen LogP contribution in [0.4, 0.5) is 4.39 Å². The third kappa shape index (κ3) is 2.32. The molecule has 0 unspecified atom stereocenters. The molecule has 5 nitrogen and oxygen atoms in total. The first-order chi connectivity index (χ1) is 9.24. The molecule has 7 heteroatoms. The number of hydrogen-bond acceptors (Lipinski definition) is 5. The number of halogens is 1. The van der Waals surface area contributed by atoms with Gasteiger partial charge in [0.1, 0.15) is 17.1 Å². The van der Waals surface area contributed by atoms with Gasteiger partial charge in [-0.05, 0) is 23.6 Å². The summed E-state index contributed by atoms with van der Waals surface area (Å²) in [5.74, 6) is -0.323. The number of aromatic amines is 1. The van der Waals surface area contributed by atoms with E-state index in [1.807, 2.05) is 0 Å². The van der Waals surface area contributed by atoms with Gasteiger partial charge in [0.2, 0.25) is 0 Å². The smallest absolute Gasteiger partial charge is 0.268 e. The average Bonchev–Trinajstić information content (AvgIpc) is 2.87. The van der Waals surface area contributed by atoms with Crippen molar-refractivity contribution in [3.05, 3.63) is 51.9 Å². The Morgan fingerprint density at radius 1 is 1.42 bits per heavy atom. The first-order valence-corrected chi connectivity index (χ1v) is 6.32. The van der Waals surface area contributed by atoms with Crippen LogP contribution in [0, 0.1) is 5.95 Å². The number of ether oxygens (including phenoxy) is 1. The van der Waals surface area contributed by atoms with Crippen molar-refractivity contribution in [2.24, 2.45) is 0 Å². The fourth-order valence-corrected chi connectivity index (χ4v) is 2.34. The normalized spacial score (nSPS) is 10.8. The first kappa shape index (κ1) is 11.8. The molecule has 0 aliphatic carbocycles. The van der Waals surface area contributed by atoms with E-state index in [0.717, 1.165) is 0 Å². The molecular weight excluding hydrogens is 269 g/mol. The maximum atomic E-state index is 13.2. The van der Waals surface area contributed by atoms with E-state index >= 15 is 0 Å². The number of nitrogens with one attached hydrogen (secondary N) is 1. The number of rotatable bonds is 3. The van der Waals surface area contributed by atoms with Crippen molar-refractivity contribution in [1.29, 1.82) is 0 Å². The number of thiophene rings is 1. The molecule has 0 radical (unpaired) electrons. The molecular formula is C12H8FN3O2S. The quantitative estimate of drug-likeness (QED) is 0.744. The van der Waals surface area contributed by atoms with E-state index < -0.39 is 5.95 Å². The largest absolute Gasteiger partial charge is 0.481 e. The summed E-state index contributed by atoms with van der Waals surface area (Å²) in [6, 6.07) is 4.78. The van der Waals surface area contributed by atoms with E-state index in [2.05, 4.69) is 15.0 Å². The number of hydrogen-bond donors (Lipinski definition) is 1. The van der Waals surface area contributed by atoms with E-state index in [9.17, 15) is 9.18 Å². The van der Waals surface area contributed by atoms with E-state index in [0.29, 0.717) is 16.0 Å². The van der Waals surface area contributed by atoms with E-state index in [1.54, 1.807) is 17.5 Å². The molecule has 0 atom stereocenters. The molecule has 1 N–H and O–H groups in total. The molecule has 3 aromatic heterocycles. The summed E-state index contributed by atoms with van der Waals surface area (Å²) in [4.78, 5) is 22.0. The van der Waals surface area contributed by atoms with Crippen molar-refractivity contribution in [2.75, 3.05) is 0 Å². The lowest BCUT2D eigenvalue weighted by atomic mass is 10.4. The number of H-pyrrole nitrogens is 1. The van der Waals surface area contributed by atoms with Gasteiger partial charge in [-0.15, -0.1) is 11.3 Å². The summed E-state index contributed by atoms with van der Waals surface area (Å²) in [5, 5.41) is 1.79. The number of pyridine rings is 1. The minimum Gasteiger partial charge on any atom is -0.481 e. The monoisotopic (exact) mass is 277 g/mol. The van der Waals surface area contributed by atoms with E-state index in [4.69, 9.17) is 4.74 Å². The van der Waals surface area contributed by atoms with Gasteiger partial charge in [-0.1, -0.05) is 0 Å². The highest BCUT2D eigenvalue weighted by Crippen LogP contribution is 2.16. The Balaban J connectivity index is 1.86. The zero-order chi connectivity index (χ0) is 13.2. The van der Waals surface area contributed by atoms with Gasteiger partial charge >= 0.3 is 0 Å². The summed E-state index contributed by atoms with van der Waals surface area (Å²) in [6.45, 7) is -0.0242. The molecule has 0 aliphatic rings. The lowest BCUT2D eigenvalue weighted by Gasteiger charge is -2.05. The van der Waals surface area contributed by atoms with Gasteiger partial charge < -0.3 is 9.72 Å². The number of aromatic nitrogens is 3. The topological polar surface area (TPSA) is 67.9 Å². The molecule has 0 fully saturated rings. The minimum atomic E-state index is -0.693. The summed E-state index contributed by atoms with van der Waals surface area (Å²) < 4.78 is 19.1. The Labute approximate surface area is 110 Å². The van der Waals surface area contributed by atoms with Crippen LogP contribution < -0.4 is 10.3 Å². The molecule has 0 saturated heterocycles. The fourth-order valence-electron chi connectivity index (χ4n) is 1.62. The molecule has 96 valence electrons. The highest BCUT2D eigenvalue weighted by molar-refractivity contribution is 7.17. The second-order valence-corrected chi connectivity index (χ2v) is 4.64. The summed E-state index contributed by atoms with van der Waals surface area (Å²) in [7, 11) is 0. The van der Waals surface area contributed by atoms with Gasteiger partial charge in [-0.25, -0.2) is 9.97 Å². The Kier molecular flexibility index (Phi) is 2.96. The van der Waals surface area contributed by atoms with Crippen LogP contribution >= 0.6 is 11.3 Å². The summed E-state index contributed by atoms with van der Waals surface area (Å²) in [6.07, 6.45) is 1.33. The van der Waals surface area contributed by atoms with Crippen molar-refractivity contribution in [1.82, 2.24) is 15.0 Å². The van der Waals surface area contributed by atoms with Crippen LogP contribution in [0.1, 0.15) is 5.82 Å². The Morgan fingerprint density at radius 3 is 3.16 bits per heavy atom. The van der Waals surface area contributed by atoms with Gasteiger partial charge in [0.25, 0.3) is 11.5 Å². The Morgan fingerprint density at radius 2 is 2.32 bits per heavy atom. The van der Waals surface area contributed by atoms with Crippen LogP contribution in [-0.4, -0.2) is 15.0 Å². The molecule has 3 aromatic rings.